The predicted octanol–water partition coefficient (Wildman–Crippen LogP) is 2.72. The van der Waals surface area contributed by atoms with Crippen molar-refractivity contribution in [3.63, 3.8) is 0 Å². The lowest BCUT2D eigenvalue weighted by Gasteiger charge is -2.27. The minimum atomic E-state index is -0.834. The van der Waals surface area contributed by atoms with Gasteiger partial charge in [0.25, 0.3) is 0 Å². The highest BCUT2D eigenvalue weighted by atomic mass is 16.4. The highest BCUT2D eigenvalue weighted by Gasteiger charge is 2.27. The normalized spacial score (nSPS) is 17.3. The lowest BCUT2D eigenvalue weighted by Crippen LogP contribution is -2.35. The molecule has 0 spiro atoms. The molecule has 6 heteroatoms. The van der Waals surface area contributed by atoms with Crippen molar-refractivity contribution in [3.8, 4) is 0 Å². The van der Waals surface area contributed by atoms with Gasteiger partial charge in [0, 0.05) is 25.2 Å². The zero-order chi connectivity index (χ0) is 16.7. The minimum absolute atomic E-state index is 0.545. The summed E-state index contributed by atoms with van der Waals surface area (Å²) in [6.07, 6.45) is 3.22. The monoisotopic (exact) mass is 324 g/mol. The Morgan fingerprint density at radius 2 is 1.96 bits per heavy atom. The Morgan fingerprint density at radius 3 is 2.71 bits per heavy atom. The fourth-order valence-corrected chi connectivity index (χ4v) is 3.79. The van der Waals surface area contributed by atoms with E-state index in [2.05, 4.69) is 35.2 Å². The van der Waals surface area contributed by atoms with Crippen molar-refractivity contribution in [2.75, 3.05) is 13.1 Å². The third-order valence-corrected chi connectivity index (χ3v) is 5.08. The van der Waals surface area contributed by atoms with Crippen LogP contribution in [0.2, 0.25) is 0 Å². The van der Waals surface area contributed by atoms with Crippen molar-refractivity contribution < 1.29 is 9.90 Å². The van der Waals surface area contributed by atoms with Crippen molar-refractivity contribution in [3.05, 3.63) is 52.6 Å². The van der Waals surface area contributed by atoms with Gasteiger partial charge in [0.05, 0.1) is 0 Å². The molecule has 1 N–H and O–H groups in total. The van der Waals surface area contributed by atoms with E-state index in [1.807, 2.05) is 4.68 Å². The number of hydrogen-bond donors (Lipinski definition) is 1. The van der Waals surface area contributed by atoms with Crippen LogP contribution in [0.3, 0.4) is 0 Å². The van der Waals surface area contributed by atoms with E-state index in [0.717, 1.165) is 37.2 Å². The Kier molecular flexibility index (Phi) is 3.59. The third-order valence-electron chi connectivity index (χ3n) is 5.08. The molecule has 1 fully saturated rings. The van der Waals surface area contributed by atoms with Crippen molar-refractivity contribution in [1.29, 1.82) is 0 Å². The SMILES string of the molecule is Cc1cccc2c1CCn1ncnc1C2=C1CCN(C(=O)O)CC1. The third kappa shape index (κ3) is 2.38. The molecule has 2 aromatic rings. The first-order valence-corrected chi connectivity index (χ1v) is 8.32. The maximum atomic E-state index is 11.2. The van der Waals surface area contributed by atoms with E-state index in [0.29, 0.717) is 13.1 Å². The maximum Gasteiger partial charge on any atom is 0.407 e. The van der Waals surface area contributed by atoms with Crippen LogP contribution in [0.4, 0.5) is 4.79 Å². The molecular weight excluding hydrogens is 304 g/mol. The molecule has 0 saturated carbocycles. The van der Waals surface area contributed by atoms with Gasteiger partial charge >= 0.3 is 6.09 Å². The van der Waals surface area contributed by atoms with Gasteiger partial charge in [-0.3, -0.25) is 0 Å². The van der Waals surface area contributed by atoms with Gasteiger partial charge in [-0.15, -0.1) is 0 Å². The van der Waals surface area contributed by atoms with Crippen molar-refractivity contribution in [2.24, 2.45) is 0 Å². The predicted molar refractivity (Wildman–Crippen MR) is 89.8 cm³/mol. The van der Waals surface area contributed by atoms with Crippen LogP contribution in [-0.2, 0) is 13.0 Å². The van der Waals surface area contributed by atoms with Gasteiger partial charge in [0.2, 0.25) is 0 Å². The Hall–Kier alpha value is -2.63. The molecule has 2 aliphatic rings. The molecule has 1 aromatic heterocycles. The number of aryl methyl sites for hydroxylation is 2. The highest BCUT2D eigenvalue weighted by Crippen LogP contribution is 2.36. The summed E-state index contributed by atoms with van der Waals surface area (Å²) >= 11 is 0. The molecule has 2 aliphatic heterocycles. The number of benzene rings is 1. The number of rotatable bonds is 0. The quantitative estimate of drug-likeness (QED) is 0.809. The Labute approximate surface area is 140 Å². The first kappa shape index (κ1) is 14.9. The summed E-state index contributed by atoms with van der Waals surface area (Å²) < 4.78 is 1.98. The van der Waals surface area contributed by atoms with Gasteiger partial charge in [-0.05, 0) is 42.9 Å². The highest BCUT2D eigenvalue weighted by molar-refractivity contribution is 5.82. The number of fused-ring (bicyclic) bond motifs is 2. The van der Waals surface area contributed by atoms with Crippen LogP contribution in [0.1, 0.15) is 35.4 Å². The maximum absolute atomic E-state index is 11.2. The summed E-state index contributed by atoms with van der Waals surface area (Å²) in [5, 5.41) is 13.6. The molecule has 4 rings (SSSR count). The van der Waals surface area contributed by atoms with E-state index in [9.17, 15) is 9.90 Å². The second-order valence-corrected chi connectivity index (χ2v) is 6.41. The largest absolute Gasteiger partial charge is 0.465 e. The molecule has 0 unspecified atom stereocenters. The molecule has 1 aromatic carbocycles. The molecule has 1 amide bonds. The second-order valence-electron chi connectivity index (χ2n) is 6.41. The number of likely N-dealkylation sites (tertiary alicyclic amines) is 1. The number of nitrogens with zero attached hydrogens (tertiary/aromatic N) is 4. The molecule has 0 aliphatic carbocycles. The summed E-state index contributed by atoms with van der Waals surface area (Å²) in [5.41, 5.74) is 6.33. The summed E-state index contributed by atoms with van der Waals surface area (Å²) in [6.45, 7) is 4.06. The molecule has 0 bridgehead atoms. The smallest absolute Gasteiger partial charge is 0.407 e. The van der Waals surface area contributed by atoms with Crippen LogP contribution >= 0.6 is 0 Å². The fraction of sp³-hybridized carbons (Fsp3) is 0.389. The number of carbonyl (C=O) groups is 1. The van der Waals surface area contributed by atoms with Crippen LogP contribution in [-0.4, -0.2) is 44.0 Å². The fourth-order valence-electron chi connectivity index (χ4n) is 3.79. The van der Waals surface area contributed by atoms with Gasteiger partial charge in [-0.2, -0.15) is 5.10 Å². The van der Waals surface area contributed by atoms with Gasteiger partial charge in [-0.1, -0.05) is 23.8 Å². The standard InChI is InChI=1S/C18H20N4O2/c1-12-3-2-4-15-14(12)7-10-22-17(19-11-20-22)16(15)13-5-8-21(9-6-13)18(23)24/h2-4,11H,5-10H2,1H3,(H,23,24). The average Bonchev–Trinajstić information content (AvgIpc) is 2.97. The Balaban J connectivity index is 1.85. The number of aromatic nitrogens is 3. The van der Waals surface area contributed by atoms with Crippen molar-refractivity contribution in [1.82, 2.24) is 19.7 Å². The van der Waals surface area contributed by atoms with E-state index >= 15 is 0 Å². The molecule has 124 valence electrons. The van der Waals surface area contributed by atoms with Gasteiger partial charge in [-0.25, -0.2) is 14.5 Å². The van der Waals surface area contributed by atoms with Crippen LogP contribution in [0.25, 0.3) is 5.57 Å². The van der Waals surface area contributed by atoms with Gasteiger partial charge < -0.3 is 10.0 Å². The number of hydrogen-bond acceptors (Lipinski definition) is 3. The molecule has 0 radical (unpaired) electrons. The molecule has 3 heterocycles. The summed E-state index contributed by atoms with van der Waals surface area (Å²) in [5.74, 6) is 0.915. The van der Waals surface area contributed by atoms with Gasteiger partial charge in [0.1, 0.15) is 6.33 Å². The van der Waals surface area contributed by atoms with Crippen LogP contribution in [0.5, 0.6) is 0 Å². The van der Waals surface area contributed by atoms with Crippen LogP contribution < -0.4 is 0 Å². The van der Waals surface area contributed by atoms with Crippen LogP contribution in [0.15, 0.2) is 30.1 Å². The number of piperidine rings is 1. The zero-order valence-corrected chi connectivity index (χ0v) is 13.7. The summed E-state index contributed by atoms with van der Waals surface area (Å²) in [6, 6.07) is 6.40. The zero-order valence-electron chi connectivity index (χ0n) is 13.7. The number of amides is 1. The van der Waals surface area contributed by atoms with E-state index in [1.165, 1.54) is 27.2 Å². The molecule has 0 atom stereocenters. The molecular formula is C18H20N4O2. The lowest BCUT2D eigenvalue weighted by molar-refractivity contribution is 0.142. The van der Waals surface area contributed by atoms with E-state index < -0.39 is 6.09 Å². The summed E-state index contributed by atoms with van der Waals surface area (Å²) in [7, 11) is 0. The molecule has 6 nitrogen and oxygen atoms in total. The molecule has 24 heavy (non-hydrogen) atoms. The van der Waals surface area contributed by atoms with Crippen LogP contribution in [0, 0.1) is 6.92 Å². The minimum Gasteiger partial charge on any atom is -0.465 e. The van der Waals surface area contributed by atoms with Crippen molar-refractivity contribution >= 4 is 11.7 Å². The summed E-state index contributed by atoms with van der Waals surface area (Å²) in [4.78, 5) is 17.2. The Bertz CT molecular complexity index is 827. The Morgan fingerprint density at radius 1 is 1.17 bits per heavy atom. The average molecular weight is 324 g/mol. The first-order valence-electron chi connectivity index (χ1n) is 8.32. The lowest BCUT2D eigenvalue weighted by atomic mass is 9.88. The second kappa shape index (κ2) is 5.78. The van der Waals surface area contributed by atoms with E-state index in [1.54, 1.807) is 6.33 Å². The number of carboxylic acid groups (broad SMARTS) is 1. The topological polar surface area (TPSA) is 71.2 Å². The van der Waals surface area contributed by atoms with Crippen molar-refractivity contribution in [2.45, 2.75) is 32.7 Å². The first-order chi connectivity index (χ1) is 11.6. The molecule has 1 saturated heterocycles. The van der Waals surface area contributed by atoms with E-state index in [-0.39, 0.29) is 0 Å². The van der Waals surface area contributed by atoms with Gasteiger partial charge in [0.15, 0.2) is 5.82 Å². The van der Waals surface area contributed by atoms with E-state index in [4.69, 9.17) is 0 Å².